The molecular formula is C16H13NS2. The van der Waals surface area contributed by atoms with Crippen LogP contribution in [0.2, 0.25) is 0 Å². The van der Waals surface area contributed by atoms with Gasteiger partial charge in [-0.15, -0.1) is 11.3 Å². The van der Waals surface area contributed by atoms with Gasteiger partial charge in [0.1, 0.15) is 0 Å². The summed E-state index contributed by atoms with van der Waals surface area (Å²) in [6.07, 6.45) is 0. The maximum absolute atomic E-state index is 5.52. The molecule has 0 aliphatic rings. The summed E-state index contributed by atoms with van der Waals surface area (Å²) in [5.74, 6) is 0. The van der Waals surface area contributed by atoms with Gasteiger partial charge in [0.15, 0.2) is 3.95 Å². The second-order valence-electron chi connectivity index (χ2n) is 4.31. The molecule has 1 nitrogen and oxygen atoms in total. The Morgan fingerprint density at radius 2 is 1.47 bits per heavy atom. The molecule has 94 valence electrons. The van der Waals surface area contributed by atoms with Crippen molar-refractivity contribution in [3.63, 3.8) is 0 Å². The van der Waals surface area contributed by atoms with Gasteiger partial charge in [0, 0.05) is 10.6 Å². The molecule has 1 heterocycles. The SMILES string of the molecule is Cc1sc(=S)n(-c2ccccc2)c1-c1ccccc1. The highest BCUT2D eigenvalue weighted by Crippen LogP contribution is 2.31. The number of benzene rings is 2. The summed E-state index contributed by atoms with van der Waals surface area (Å²) < 4.78 is 3.05. The van der Waals surface area contributed by atoms with Crippen molar-refractivity contribution in [1.29, 1.82) is 0 Å². The molecule has 0 spiro atoms. The monoisotopic (exact) mass is 283 g/mol. The van der Waals surface area contributed by atoms with Crippen molar-refractivity contribution in [3.8, 4) is 16.9 Å². The lowest BCUT2D eigenvalue weighted by Gasteiger charge is -2.09. The topological polar surface area (TPSA) is 4.93 Å². The number of hydrogen-bond donors (Lipinski definition) is 0. The van der Waals surface area contributed by atoms with Crippen LogP contribution in [-0.4, -0.2) is 4.57 Å². The van der Waals surface area contributed by atoms with E-state index in [0.29, 0.717) is 0 Å². The molecule has 0 bridgehead atoms. The van der Waals surface area contributed by atoms with Crippen molar-refractivity contribution in [2.45, 2.75) is 6.92 Å². The zero-order chi connectivity index (χ0) is 13.2. The molecule has 0 saturated carbocycles. The highest BCUT2D eigenvalue weighted by molar-refractivity contribution is 7.73. The van der Waals surface area contributed by atoms with Crippen LogP contribution in [-0.2, 0) is 0 Å². The smallest absolute Gasteiger partial charge is 0.166 e. The van der Waals surface area contributed by atoms with E-state index >= 15 is 0 Å². The average Bonchev–Trinajstić information content (AvgIpc) is 2.75. The Hall–Kier alpha value is -1.71. The van der Waals surface area contributed by atoms with Crippen molar-refractivity contribution < 1.29 is 0 Å². The Bertz CT molecular complexity index is 739. The van der Waals surface area contributed by atoms with Gasteiger partial charge in [-0.3, -0.25) is 4.57 Å². The summed E-state index contributed by atoms with van der Waals surface area (Å²) in [7, 11) is 0. The van der Waals surface area contributed by atoms with Crippen molar-refractivity contribution in [1.82, 2.24) is 4.57 Å². The van der Waals surface area contributed by atoms with E-state index in [0.717, 1.165) is 9.64 Å². The van der Waals surface area contributed by atoms with Gasteiger partial charge in [0.25, 0.3) is 0 Å². The third kappa shape index (κ3) is 2.27. The van der Waals surface area contributed by atoms with Crippen LogP contribution in [0, 0.1) is 10.9 Å². The predicted molar refractivity (Wildman–Crippen MR) is 84.7 cm³/mol. The Labute approximate surface area is 121 Å². The molecule has 1 aromatic heterocycles. The van der Waals surface area contributed by atoms with Gasteiger partial charge in [0.2, 0.25) is 0 Å². The predicted octanol–water partition coefficient (Wildman–Crippen LogP) is 5.24. The number of aromatic nitrogens is 1. The second-order valence-corrected chi connectivity index (χ2v) is 6.16. The first-order valence-electron chi connectivity index (χ1n) is 6.10. The van der Waals surface area contributed by atoms with Crippen LogP contribution < -0.4 is 0 Å². The Balaban J connectivity index is 2.30. The number of hydrogen-bond acceptors (Lipinski definition) is 2. The zero-order valence-electron chi connectivity index (χ0n) is 10.5. The van der Waals surface area contributed by atoms with Crippen molar-refractivity contribution in [2.24, 2.45) is 0 Å². The number of para-hydroxylation sites is 1. The van der Waals surface area contributed by atoms with Gasteiger partial charge < -0.3 is 0 Å². The van der Waals surface area contributed by atoms with Crippen LogP contribution in [0.15, 0.2) is 60.7 Å². The minimum absolute atomic E-state index is 0.891. The molecule has 19 heavy (non-hydrogen) atoms. The van der Waals surface area contributed by atoms with Crippen molar-refractivity contribution >= 4 is 23.6 Å². The van der Waals surface area contributed by atoms with Crippen molar-refractivity contribution in [2.75, 3.05) is 0 Å². The van der Waals surface area contributed by atoms with Crippen LogP contribution in [0.5, 0.6) is 0 Å². The fraction of sp³-hybridized carbons (Fsp3) is 0.0625. The first-order valence-corrected chi connectivity index (χ1v) is 7.33. The molecule has 0 saturated heterocycles. The van der Waals surface area contributed by atoms with Gasteiger partial charge in [-0.25, -0.2) is 0 Å². The van der Waals surface area contributed by atoms with Gasteiger partial charge >= 0.3 is 0 Å². The Kier molecular flexibility index (Phi) is 3.32. The first-order chi connectivity index (χ1) is 9.27. The summed E-state index contributed by atoms with van der Waals surface area (Å²) >= 11 is 7.19. The van der Waals surface area contributed by atoms with E-state index < -0.39 is 0 Å². The molecule has 0 radical (unpaired) electrons. The third-order valence-corrected chi connectivity index (χ3v) is 4.33. The van der Waals surface area contributed by atoms with Gasteiger partial charge in [-0.2, -0.15) is 0 Å². The zero-order valence-corrected chi connectivity index (χ0v) is 12.2. The standard InChI is InChI=1S/C16H13NS2/c1-12-15(13-8-4-2-5-9-13)17(16(18)19-12)14-10-6-3-7-11-14/h2-11H,1H3. The molecule has 2 aromatic carbocycles. The van der Waals surface area contributed by atoms with E-state index in [2.05, 4.69) is 47.9 Å². The van der Waals surface area contributed by atoms with Crippen LogP contribution in [0.4, 0.5) is 0 Å². The first kappa shape index (κ1) is 12.3. The van der Waals surface area contributed by atoms with E-state index in [1.807, 2.05) is 24.3 Å². The fourth-order valence-corrected chi connectivity index (χ4v) is 3.64. The largest absolute Gasteiger partial charge is 0.291 e. The molecule has 0 N–H and O–H groups in total. The summed E-state index contributed by atoms with van der Waals surface area (Å²) in [6.45, 7) is 2.13. The second kappa shape index (κ2) is 5.11. The number of thiazole rings is 1. The molecule has 3 rings (SSSR count). The highest BCUT2D eigenvalue weighted by Gasteiger charge is 2.12. The molecular weight excluding hydrogens is 270 g/mol. The van der Waals surface area contributed by atoms with E-state index in [-0.39, 0.29) is 0 Å². The van der Waals surface area contributed by atoms with E-state index in [1.165, 1.54) is 16.1 Å². The summed E-state index contributed by atoms with van der Waals surface area (Å²) in [6, 6.07) is 20.7. The maximum atomic E-state index is 5.52. The van der Waals surface area contributed by atoms with Gasteiger partial charge in [0.05, 0.1) is 5.69 Å². The molecule has 0 atom stereocenters. The van der Waals surface area contributed by atoms with Crippen LogP contribution >= 0.6 is 23.6 Å². The Morgan fingerprint density at radius 1 is 0.895 bits per heavy atom. The number of nitrogens with zero attached hydrogens (tertiary/aromatic N) is 1. The highest BCUT2D eigenvalue weighted by atomic mass is 32.1. The summed E-state index contributed by atoms with van der Waals surface area (Å²) in [5.41, 5.74) is 3.52. The average molecular weight is 283 g/mol. The van der Waals surface area contributed by atoms with Gasteiger partial charge in [-0.05, 0) is 36.8 Å². The minimum Gasteiger partial charge on any atom is -0.291 e. The molecule has 3 heteroatoms. The van der Waals surface area contributed by atoms with Crippen molar-refractivity contribution in [3.05, 3.63) is 69.5 Å². The Morgan fingerprint density at radius 3 is 2.11 bits per heavy atom. The lowest BCUT2D eigenvalue weighted by molar-refractivity contribution is 1.07. The minimum atomic E-state index is 0.891. The normalized spacial score (nSPS) is 10.6. The van der Waals surface area contributed by atoms with Crippen LogP contribution in [0.3, 0.4) is 0 Å². The fourth-order valence-electron chi connectivity index (χ4n) is 2.21. The molecule has 0 unspecified atom stereocenters. The van der Waals surface area contributed by atoms with E-state index in [1.54, 1.807) is 11.3 Å². The summed E-state index contributed by atoms with van der Waals surface area (Å²) in [5, 5.41) is 0. The maximum Gasteiger partial charge on any atom is 0.166 e. The molecule has 0 amide bonds. The van der Waals surface area contributed by atoms with E-state index in [9.17, 15) is 0 Å². The lowest BCUT2D eigenvalue weighted by Crippen LogP contribution is -1.97. The lowest BCUT2D eigenvalue weighted by atomic mass is 10.1. The number of aryl methyl sites for hydroxylation is 1. The summed E-state index contributed by atoms with van der Waals surface area (Å²) in [4.78, 5) is 1.25. The molecule has 0 aliphatic carbocycles. The molecule has 3 aromatic rings. The third-order valence-electron chi connectivity index (χ3n) is 3.04. The quantitative estimate of drug-likeness (QED) is 0.582. The van der Waals surface area contributed by atoms with Crippen LogP contribution in [0.25, 0.3) is 16.9 Å². The van der Waals surface area contributed by atoms with E-state index in [4.69, 9.17) is 12.2 Å². The molecule has 0 fully saturated rings. The molecule has 0 aliphatic heterocycles. The van der Waals surface area contributed by atoms with Gasteiger partial charge in [-0.1, -0.05) is 48.5 Å². The van der Waals surface area contributed by atoms with Crippen LogP contribution in [0.1, 0.15) is 4.88 Å². The number of rotatable bonds is 2.